The van der Waals surface area contributed by atoms with Gasteiger partial charge in [-0.2, -0.15) is 0 Å². The number of aromatic nitrogens is 1. The lowest BCUT2D eigenvalue weighted by Gasteiger charge is -2.24. The Morgan fingerprint density at radius 2 is 2.35 bits per heavy atom. The van der Waals surface area contributed by atoms with Gasteiger partial charge < -0.3 is 10.0 Å². The summed E-state index contributed by atoms with van der Waals surface area (Å²) in [4.78, 5) is 28.0. The Labute approximate surface area is 99.1 Å². The average molecular weight is 234 g/mol. The van der Waals surface area contributed by atoms with E-state index < -0.39 is 12.4 Å². The highest BCUT2D eigenvalue weighted by Crippen LogP contribution is 2.31. The van der Waals surface area contributed by atoms with Crippen LogP contribution in [0.4, 0.5) is 0 Å². The van der Waals surface area contributed by atoms with Crippen molar-refractivity contribution in [2.75, 3.05) is 6.54 Å². The number of carboxylic acid groups (broad SMARTS) is 1. The lowest BCUT2D eigenvalue weighted by molar-refractivity contribution is -0.144. The van der Waals surface area contributed by atoms with Crippen molar-refractivity contribution in [3.05, 3.63) is 30.1 Å². The zero-order valence-electron chi connectivity index (χ0n) is 9.37. The number of nitrogens with zero attached hydrogens (tertiary/aromatic N) is 2. The summed E-state index contributed by atoms with van der Waals surface area (Å²) in [6.45, 7) is 0.631. The van der Waals surface area contributed by atoms with Crippen LogP contribution < -0.4 is 0 Å². The minimum Gasteiger partial charge on any atom is -0.481 e. The molecule has 1 aliphatic rings. The Kier molecular flexibility index (Phi) is 3.37. The summed E-state index contributed by atoms with van der Waals surface area (Å²) in [6, 6.07) is 3.73. The van der Waals surface area contributed by atoms with Gasteiger partial charge in [-0.15, -0.1) is 0 Å². The molecule has 0 aromatic carbocycles. The van der Waals surface area contributed by atoms with Gasteiger partial charge in [-0.3, -0.25) is 14.6 Å². The maximum Gasteiger partial charge on any atom is 0.312 e. The van der Waals surface area contributed by atoms with Gasteiger partial charge in [0.1, 0.15) is 6.42 Å². The van der Waals surface area contributed by atoms with Crippen LogP contribution in [-0.2, 0) is 9.59 Å². The number of hydrogen-bond acceptors (Lipinski definition) is 3. The van der Waals surface area contributed by atoms with Crippen LogP contribution in [0.5, 0.6) is 0 Å². The van der Waals surface area contributed by atoms with Crippen LogP contribution in [0.2, 0.25) is 0 Å². The van der Waals surface area contributed by atoms with Gasteiger partial charge >= 0.3 is 5.97 Å². The molecule has 0 saturated carbocycles. The molecule has 0 spiro atoms. The van der Waals surface area contributed by atoms with Crippen molar-refractivity contribution in [1.82, 2.24) is 9.88 Å². The van der Waals surface area contributed by atoms with E-state index in [-0.39, 0.29) is 11.9 Å². The standard InChI is InChI=1S/C12H14N2O3/c15-11(7-12(16)17)14-6-2-4-10(14)9-3-1-5-13-8-9/h1,3,5,8,10H,2,4,6-7H2,(H,16,17). The molecule has 1 saturated heterocycles. The molecule has 5 nitrogen and oxygen atoms in total. The fourth-order valence-corrected chi connectivity index (χ4v) is 2.22. The van der Waals surface area contributed by atoms with Crippen molar-refractivity contribution in [2.45, 2.75) is 25.3 Å². The van der Waals surface area contributed by atoms with Gasteiger partial charge in [0, 0.05) is 18.9 Å². The third-order valence-electron chi connectivity index (χ3n) is 2.94. The summed E-state index contributed by atoms with van der Waals surface area (Å²) < 4.78 is 0. The number of likely N-dealkylation sites (tertiary alicyclic amines) is 1. The zero-order valence-corrected chi connectivity index (χ0v) is 9.37. The van der Waals surface area contributed by atoms with E-state index in [1.165, 1.54) is 0 Å². The second kappa shape index (κ2) is 4.95. The van der Waals surface area contributed by atoms with Crippen molar-refractivity contribution in [1.29, 1.82) is 0 Å². The van der Waals surface area contributed by atoms with E-state index >= 15 is 0 Å². The second-order valence-electron chi connectivity index (χ2n) is 4.10. The van der Waals surface area contributed by atoms with E-state index in [4.69, 9.17) is 5.11 Å². The first-order valence-electron chi connectivity index (χ1n) is 5.59. The third-order valence-corrected chi connectivity index (χ3v) is 2.94. The molecule has 0 aliphatic carbocycles. The third kappa shape index (κ3) is 2.61. The van der Waals surface area contributed by atoms with E-state index in [2.05, 4.69) is 4.98 Å². The number of carbonyl (C=O) groups is 2. The van der Waals surface area contributed by atoms with E-state index in [9.17, 15) is 9.59 Å². The van der Waals surface area contributed by atoms with Crippen LogP contribution in [0, 0.1) is 0 Å². The molecule has 0 radical (unpaired) electrons. The molecule has 2 rings (SSSR count). The Morgan fingerprint density at radius 1 is 1.53 bits per heavy atom. The Balaban J connectivity index is 2.13. The smallest absolute Gasteiger partial charge is 0.312 e. The molecule has 2 heterocycles. The van der Waals surface area contributed by atoms with Crippen molar-refractivity contribution in [2.24, 2.45) is 0 Å². The number of amides is 1. The highest BCUT2D eigenvalue weighted by atomic mass is 16.4. The monoisotopic (exact) mass is 234 g/mol. The molecule has 1 N–H and O–H groups in total. The Hall–Kier alpha value is -1.91. The molecule has 1 aromatic heterocycles. The molecule has 1 unspecified atom stereocenters. The van der Waals surface area contributed by atoms with Crippen molar-refractivity contribution < 1.29 is 14.7 Å². The van der Waals surface area contributed by atoms with Gasteiger partial charge in [0.25, 0.3) is 0 Å². The molecule has 1 fully saturated rings. The van der Waals surface area contributed by atoms with Gasteiger partial charge in [-0.05, 0) is 24.5 Å². The molecule has 90 valence electrons. The lowest BCUT2D eigenvalue weighted by atomic mass is 10.1. The molecule has 1 aromatic rings. The van der Waals surface area contributed by atoms with Crippen molar-refractivity contribution in [3.63, 3.8) is 0 Å². The van der Waals surface area contributed by atoms with E-state index in [1.54, 1.807) is 17.3 Å². The fraction of sp³-hybridized carbons (Fsp3) is 0.417. The second-order valence-corrected chi connectivity index (χ2v) is 4.10. The predicted octanol–water partition coefficient (Wildman–Crippen LogP) is 1.22. The minimum absolute atomic E-state index is 0.0180. The van der Waals surface area contributed by atoms with Crippen molar-refractivity contribution in [3.8, 4) is 0 Å². The van der Waals surface area contributed by atoms with Crippen LogP contribution >= 0.6 is 0 Å². The summed E-state index contributed by atoms with van der Waals surface area (Å²) in [5.74, 6) is -1.39. The first-order valence-corrected chi connectivity index (χ1v) is 5.59. The number of rotatable bonds is 3. The van der Waals surface area contributed by atoms with Gasteiger partial charge in [0.05, 0.1) is 6.04 Å². The molecule has 17 heavy (non-hydrogen) atoms. The Morgan fingerprint density at radius 3 is 3.00 bits per heavy atom. The predicted molar refractivity (Wildman–Crippen MR) is 60.2 cm³/mol. The van der Waals surface area contributed by atoms with Gasteiger partial charge in [-0.25, -0.2) is 0 Å². The number of carbonyl (C=O) groups excluding carboxylic acids is 1. The number of hydrogen-bond donors (Lipinski definition) is 1. The molecule has 1 amide bonds. The molecule has 0 bridgehead atoms. The highest BCUT2D eigenvalue weighted by Gasteiger charge is 2.30. The topological polar surface area (TPSA) is 70.5 Å². The van der Waals surface area contributed by atoms with Crippen LogP contribution in [0.15, 0.2) is 24.5 Å². The number of pyridine rings is 1. The quantitative estimate of drug-likeness (QED) is 0.798. The maximum atomic E-state index is 11.8. The largest absolute Gasteiger partial charge is 0.481 e. The highest BCUT2D eigenvalue weighted by molar-refractivity contribution is 5.93. The first kappa shape index (κ1) is 11.6. The summed E-state index contributed by atoms with van der Waals surface area (Å²) in [7, 11) is 0. The summed E-state index contributed by atoms with van der Waals surface area (Å²) in [6.07, 6.45) is 4.76. The van der Waals surface area contributed by atoms with Crippen LogP contribution in [0.3, 0.4) is 0 Å². The molecule has 1 atom stereocenters. The molecular formula is C12H14N2O3. The van der Waals surface area contributed by atoms with Crippen LogP contribution in [0.1, 0.15) is 30.9 Å². The normalized spacial score (nSPS) is 19.3. The first-order chi connectivity index (χ1) is 8.18. The summed E-state index contributed by atoms with van der Waals surface area (Å²) in [5, 5.41) is 8.64. The summed E-state index contributed by atoms with van der Waals surface area (Å²) >= 11 is 0. The van der Waals surface area contributed by atoms with Crippen LogP contribution in [0.25, 0.3) is 0 Å². The minimum atomic E-state index is -1.08. The molecular weight excluding hydrogens is 220 g/mol. The SMILES string of the molecule is O=C(O)CC(=O)N1CCCC1c1cccnc1. The van der Waals surface area contributed by atoms with Gasteiger partial charge in [-0.1, -0.05) is 6.07 Å². The average Bonchev–Trinajstić information content (AvgIpc) is 2.78. The lowest BCUT2D eigenvalue weighted by Crippen LogP contribution is -2.32. The van der Waals surface area contributed by atoms with Crippen molar-refractivity contribution >= 4 is 11.9 Å². The molecule has 1 aliphatic heterocycles. The van der Waals surface area contributed by atoms with E-state index in [1.807, 2.05) is 12.1 Å². The Bertz CT molecular complexity index is 419. The maximum absolute atomic E-state index is 11.8. The summed E-state index contributed by atoms with van der Waals surface area (Å²) in [5.41, 5.74) is 0.976. The van der Waals surface area contributed by atoms with E-state index in [0.717, 1.165) is 18.4 Å². The van der Waals surface area contributed by atoms with Crippen LogP contribution in [-0.4, -0.2) is 33.4 Å². The number of carboxylic acids is 1. The zero-order chi connectivity index (χ0) is 12.3. The van der Waals surface area contributed by atoms with Gasteiger partial charge in [0.15, 0.2) is 0 Å². The number of aliphatic carboxylic acids is 1. The molecule has 5 heteroatoms. The fourth-order valence-electron chi connectivity index (χ4n) is 2.22. The van der Waals surface area contributed by atoms with E-state index in [0.29, 0.717) is 6.54 Å². The van der Waals surface area contributed by atoms with Gasteiger partial charge in [0.2, 0.25) is 5.91 Å².